The summed E-state index contributed by atoms with van der Waals surface area (Å²) in [6.45, 7) is 6.65. The van der Waals surface area contributed by atoms with Gasteiger partial charge < -0.3 is 10.2 Å². The van der Waals surface area contributed by atoms with E-state index in [1.165, 1.54) is 11.1 Å². The quantitative estimate of drug-likeness (QED) is 0.881. The molecule has 1 aromatic carbocycles. The third-order valence-electron chi connectivity index (χ3n) is 3.60. The lowest BCUT2D eigenvalue weighted by molar-refractivity contribution is -0.136. The Labute approximate surface area is 109 Å². The Bertz CT molecular complexity index is 399. The Morgan fingerprint density at radius 1 is 1.22 bits per heavy atom. The maximum Gasteiger partial charge on any atom is 0.240 e. The van der Waals surface area contributed by atoms with Crippen LogP contribution in [0, 0.1) is 0 Å². The Balaban J connectivity index is 2.01. The fraction of sp³-hybridized carbons (Fsp3) is 0.533. The molecule has 1 fully saturated rings. The van der Waals surface area contributed by atoms with Crippen LogP contribution in [0.15, 0.2) is 24.3 Å². The molecule has 0 aromatic heterocycles. The number of rotatable bonds is 4. The molecule has 1 saturated heterocycles. The van der Waals surface area contributed by atoms with Crippen molar-refractivity contribution in [1.29, 1.82) is 0 Å². The Hall–Kier alpha value is -1.35. The second kappa shape index (κ2) is 6.01. The Morgan fingerprint density at radius 2 is 1.89 bits per heavy atom. The molecule has 1 aliphatic heterocycles. The molecule has 18 heavy (non-hydrogen) atoms. The first-order valence-corrected chi connectivity index (χ1v) is 6.84. The molecule has 1 N–H and O–H groups in total. The zero-order valence-corrected chi connectivity index (χ0v) is 11.3. The van der Waals surface area contributed by atoms with E-state index >= 15 is 0 Å². The fourth-order valence-electron chi connectivity index (χ4n) is 2.37. The van der Waals surface area contributed by atoms with E-state index in [2.05, 4.69) is 43.4 Å². The molecular formula is C15H22N2O. The van der Waals surface area contributed by atoms with Crippen LogP contribution in [0.2, 0.25) is 0 Å². The first-order valence-electron chi connectivity index (χ1n) is 6.84. The summed E-state index contributed by atoms with van der Waals surface area (Å²) in [6.07, 6.45) is 1.93. The van der Waals surface area contributed by atoms with E-state index in [-0.39, 0.29) is 11.9 Å². The van der Waals surface area contributed by atoms with Crippen LogP contribution in [0.4, 0.5) is 0 Å². The topological polar surface area (TPSA) is 32.3 Å². The number of carbonyl (C=O) groups excluding carboxylic acids is 1. The van der Waals surface area contributed by atoms with E-state index in [0.717, 1.165) is 32.5 Å². The highest BCUT2D eigenvalue weighted by Gasteiger charge is 2.26. The van der Waals surface area contributed by atoms with Gasteiger partial charge in [0.2, 0.25) is 5.91 Å². The highest BCUT2D eigenvalue weighted by Crippen LogP contribution is 2.12. The third-order valence-corrected chi connectivity index (χ3v) is 3.60. The number of hydrogen-bond donors (Lipinski definition) is 1. The normalized spacial score (nSPS) is 20.2. The van der Waals surface area contributed by atoms with Crippen molar-refractivity contribution in [2.45, 2.75) is 39.3 Å². The van der Waals surface area contributed by atoms with E-state index < -0.39 is 0 Å². The predicted octanol–water partition coefficient (Wildman–Crippen LogP) is 1.96. The summed E-state index contributed by atoms with van der Waals surface area (Å²) in [5, 5.41) is 3.26. The van der Waals surface area contributed by atoms with Crippen molar-refractivity contribution < 1.29 is 4.79 Å². The van der Waals surface area contributed by atoms with Crippen LogP contribution in [-0.4, -0.2) is 29.9 Å². The first kappa shape index (κ1) is 13.1. The van der Waals surface area contributed by atoms with Crippen LogP contribution in [0.1, 0.15) is 31.4 Å². The average Bonchev–Trinajstić information content (AvgIpc) is 2.42. The van der Waals surface area contributed by atoms with Crippen LogP contribution >= 0.6 is 0 Å². The molecule has 0 bridgehead atoms. The summed E-state index contributed by atoms with van der Waals surface area (Å²) in [7, 11) is 0. The van der Waals surface area contributed by atoms with E-state index in [4.69, 9.17) is 0 Å². The van der Waals surface area contributed by atoms with Crippen molar-refractivity contribution in [2.75, 3.05) is 13.1 Å². The molecule has 1 unspecified atom stereocenters. The van der Waals surface area contributed by atoms with Crippen molar-refractivity contribution >= 4 is 5.91 Å². The van der Waals surface area contributed by atoms with Gasteiger partial charge in [0.15, 0.2) is 0 Å². The van der Waals surface area contributed by atoms with Gasteiger partial charge in [-0.1, -0.05) is 38.1 Å². The van der Waals surface area contributed by atoms with Gasteiger partial charge in [-0.15, -0.1) is 0 Å². The van der Waals surface area contributed by atoms with Crippen molar-refractivity contribution in [3.05, 3.63) is 35.4 Å². The highest BCUT2D eigenvalue weighted by molar-refractivity contribution is 5.82. The Kier molecular flexibility index (Phi) is 4.37. The van der Waals surface area contributed by atoms with Crippen molar-refractivity contribution in [2.24, 2.45) is 0 Å². The molecule has 98 valence electrons. The lowest BCUT2D eigenvalue weighted by atomic mass is 10.1. The molecule has 2 rings (SSSR count). The molecule has 3 nitrogen and oxygen atoms in total. The second-order valence-corrected chi connectivity index (χ2v) is 4.84. The minimum Gasteiger partial charge on any atom is -0.336 e. The molecule has 0 saturated carbocycles. The molecule has 3 heteroatoms. The van der Waals surface area contributed by atoms with E-state index in [0.29, 0.717) is 0 Å². The van der Waals surface area contributed by atoms with Crippen LogP contribution < -0.4 is 5.32 Å². The van der Waals surface area contributed by atoms with E-state index in [1.807, 2.05) is 4.90 Å². The number of nitrogens with one attached hydrogen (secondary N) is 1. The largest absolute Gasteiger partial charge is 0.336 e. The monoisotopic (exact) mass is 246 g/mol. The number of aryl methyl sites for hydroxylation is 1. The number of carbonyl (C=O) groups is 1. The van der Waals surface area contributed by atoms with Gasteiger partial charge in [-0.3, -0.25) is 4.79 Å². The number of hydrogen-bond acceptors (Lipinski definition) is 2. The van der Waals surface area contributed by atoms with Crippen molar-refractivity contribution in [3.63, 3.8) is 0 Å². The van der Waals surface area contributed by atoms with Gasteiger partial charge in [-0.05, 0) is 24.0 Å². The lowest BCUT2D eigenvalue weighted by Gasteiger charge is -2.32. The van der Waals surface area contributed by atoms with Crippen molar-refractivity contribution in [3.8, 4) is 0 Å². The smallest absolute Gasteiger partial charge is 0.240 e. The van der Waals surface area contributed by atoms with E-state index in [1.54, 1.807) is 0 Å². The van der Waals surface area contributed by atoms with Crippen LogP contribution in [-0.2, 0) is 17.8 Å². The van der Waals surface area contributed by atoms with Crippen LogP contribution in [0.3, 0.4) is 0 Å². The molecule has 1 aliphatic rings. The lowest BCUT2D eigenvalue weighted by Crippen LogP contribution is -2.54. The third kappa shape index (κ3) is 2.91. The Morgan fingerprint density at radius 3 is 2.50 bits per heavy atom. The number of piperazine rings is 1. The first-order chi connectivity index (χ1) is 8.74. The summed E-state index contributed by atoms with van der Waals surface area (Å²) in [6, 6.07) is 8.58. The van der Waals surface area contributed by atoms with Crippen molar-refractivity contribution in [1.82, 2.24) is 10.2 Å². The molecule has 1 heterocycles. The molecule has 1 atom stereocenters. The van der Waals surface area contributed by atoms with Gasteiger partial charge in [-0.2, -0.15) is 0 Å². The second-order valence-electron chi connectivity index (χ2n) is 4.84. The van der Waals surface area contributed by atoms with Gasteiger partial charge in [-0.25, -0.2) is 0 Å². The summed E-state index contributed by atoms with van der Waals surface area (Å²) >= 11 is 0. The van der Waals surface area contributed by atoms with Gasteiger partial charge in [0.05, 0.1) is 6.04 Å². The fourth-order valence-corrected chi connectivity index (χ4v) is 2.37. The van der Waals surface area contributed by atoms with Gasteiger partial charge in [0.1, 0.15) is 0 Å². The average molecular weight is 246 g/mol. The number of nitrogens with zero attached hydrogens (tertiary/aromatic N) is 1. The van der Waals surface area contributed by atoms with Crippen LogP contribution in [0.5, 0.6) is 0 Å². The summed E-state index contributed by atoms with van der Waals surface area (Å²) in [4.78, 5) is 14.1. The summed E-state index contributed by atoms with van der Waals surface area (Å²) < 4.78 is 0. The minimum atomic E-state index is 0.00802. The maximum atomic E-state index is 12.1. The molecule has 0 aliphatic carbocycles. The molecular weight excluding hydrogens is 224 g/mol. The predicted molar refractivity (Wildman–Crippen MR) is 73.3 cm³/mol. The molecule has 0 radical (unpaired) electrons. The summed E-state index contributed by atoms with van der Waals surface area (Å²) in [5.74, 6) is 0.239. The molecule has 1 aromatic rings. The summed E-state index contributed by atoms with van der Waals surface area (Å²) in [5.41, 5.74) is 2.56. The molecule has 0 spiro atoms. The standard InChI is InChI=1S/C15H22N2O/c1-3-12-5-7-13(8-6-12)11-17-10-9-16-14(4-2)15(17)18/h5-8,14,16H,3-4,9-11H2,1-2H3. The number of amides is 1. The van der Waals surface area contributed by atoms with Gasteiger partial charge in [0, 0.05) is 19.6 Å². The molecule has 1 amide bonds. The SMILES string of the molecule is CCc1ccc(CN2CCNC(CC)C2=O)cc1. The van der Waals surface area contributed by atoms with Gasteiger partial charge in [0.25, 0.3) is 0 Å². The minimum absolute atomic E-state index is 0.00802. The zero-order chi connectivity index (χ0) is 13.0. The van der Waals surface area contributed by atoms with E-state index in [9.17, 15) is 4.79 Å². The van der Waals surface area contributed by atoms with Crippen LogP contribution in [0.25, 0.3) is 0 Å². The van der Waals surface area contributed by atoms with Gasteiger partial charge >= 0.3 is 0 Å². The maximum absolute atomic E-state index is 12.1. The zero-order valence-electron chi connectivity index (χ0n) is 11.3. The highest BCUT2D eigenvalue weighted by atomic mass is 16.2. The number of benzene rings is 1.